The number of hydrogen-bond acceptors (Lipinski definition) is 6. The summed E-state index contributed by atoms with van der Waals surface area (Å²) in [6.07, 6.45) is 0. The molecule has 1 atom stereocenters. The Morgan fingerprint density at radius 2 is 1.80 bits per heavy atom. The van der Waals surface area contributed by atoms with Gasteiger partial charge in [0.05, 0.1) is 17.9 Å². The summed E-state index contributed by atoms with van der Waals surface area (Å²) in [5.74, 6) is 7.19. The number of ether oxygens (including phenoxy) is 1. The van der Waals surface area contributed by atoms with E-state index in [0.29, 0.717) is 16.7 Å². The van der Waals surface area contributed by atoms with Gasteiger partial charge in [0, 0.05) is 5.69 Å². The van der Waals surface area contributed by atoms with Crippen molar-refractivity contribution in [3.63, 3.8) is 0 Å². The number of nitrogen functional groups attached to an aromatic ring is 1. The van der Waals surface area contributed by atoms with E-state index in [2.05, 4.69) is 36.3 Å². The molecule has 1 aromatic heterocycles. The molecule has 2 aromatic carbocycles. The zero-order chi connectivity index (χ0) is 21.9. The van der Waals surface area contributed by atoms with E-state index >= 15 is 0 Å². The fourth-order valence-corrected chi connectivity index (χ4v) is 3.65. The average molecular weight is 426 g/mol. The van der Waals surface area contributed by atoms with E-state index < -0.39 is 5.25 Å². The molecule has 0 aliphatic carbocycles. The van der Waals surface area contributed by atoms with Crippen LogP contribution in [0.5, 0.6) is 5.75 Å². The fraction of sp³-hybridized carbons (Fsp3) is 0.318. The molecule has 0 fully saturated rings. The molecule has 3 aromatic rings. The zero-order valence-corrected chi connectivity index (χ0v) is 18.7. The van der Waals surface area contributed by atoms with Crippen LogP contribution in [0.4, 0.5) is 5.69 Å². The maximum Gasteiger partial charge on any atom is 0.237 e. The van der Waals surface area contributed by atoms with Gasteiger partial charge in [-0.1, -0.05) is 56.8 Å². The summed E-state index contributed by atoms with van der Waals surface area (Å²) in [4.78, 5) is 12.6. The molecule has 3 rings (SSSR count). The number of para-hydroxylation sites is 1. The number of hydrogen-bond donors (Lipinski definition) is 2. The molecule has 0 aliphatic rings. The van der Waals surface area contributed by atoms with E-state index in [4.69, 9.17) is 10.6 Å². The van der Waals surface area contributed by atoms with E-state index in [0.717, 1.165) is 11.3 Å². The summed E-state index contributed by atoms with van der Waals surface area (Å²) in [6.45, 7) is 8.27. The van der Waals surface area contributed by atoms with Crippen LogP contribution in [0, 0.1) is 0 Å². The Labute approximate surface area is 181 Å². The molecule has 158 valence electrons. The number of thioether (sulfide) groups is 1. The molecule has 30 heavy (non-hydrogen) atoms. The highest BCUT2D eigenvalue weighted by Gasteiger charge is 2.21. The summed E-state index contributed by atoms with van der Waals surface area (Å²) in [6, 6.07) is 15.3. The minimum absolute atomic E-state index is 0.0655. The van der Waals surface area contributed by atoms with Gasteiger partial charge in [0.1, 0.15) is 5.75 Å². The van der Waals surface area contributed by atoms with Crippen LogP contribution in [-0.2, 0) is 10.2 Å². The Bertz CT molecular complexity index is 1020. The molecule has 1 heterocycles. The second kappa shape index (κ2) is 8.79. The highest BCUT2D eigenvalue weighted by Crippen LogP contribution is 2.31. The van der Waals surface area contributed by atoms with Gasteiger partial charge in [-0.25, -0.2) is 4.68 Å². The first kappa shape index (κ1) is 21.7. The maximum absolute atomic E-state index is 12.6. The molecule has 0 saturated heterocycles. The van der Waals surface area contributed by atoms with Crippen LogP contribution in [0.1, 0.15) is 33.3 Å². The smallest absolute Gasteiger partial charge is 0.237 e. The van der Waals surface area contributed by atoms with Crippen molar-refractivity contribution in [2.75, 3.05) is 18.3 Å². The molecule has 0 spiro atoms. The lowest BCUT2D eigenvalue weighted by atomic mass is 9.87. The van der Waals surface area contributed by atoms with E-state index in [9.17, 15) is 4.79 Å². The predicted octanol–water partition coefficient (Wildman–Crippen LogP) is 4.08. The number of benzene rings is 2. The molecule has 1 amide bonds. The van der Waals surface area contributed by atoms with Crippen molar-refractivity contribution in [2.24, 2.45) is 0 Å². The first-order valence-corrected chi connectivity index (χ1v) is 10.5. The molecule has 1 unspecified atom stereocenters. The van der Waals surface area contributed by atoms with Crippen molar-refractivity contribution < 1.29 is 9.53 Å². The van der Waals surface area contributed by atoms with Gasteiger partial charge in [-0.3, -0.25) is 4.79 Å². The number of aromatic nitrogens is 3. The van der Waals surface area contributed by atoms with Crippen molar-refractivity contribution in [3.05, 3.63) is 54.1 Å². The summed E-state index contributed by atoms with van der Waals surface area (Å²) in [5, 5.41) is 11.3. The minimum atomic E-state index is -0.413. The van der Waals surface area contributed by atoms with Gasteiger partial charge in [0.2, 0.25) is 11.1 Å². The van der Waals surface area contributed by atoms with Gasteiger partial charge in [-0.15, -0.1) is 10.2 Å². The van der Waals surface area contributed by atoms with Gasteiger partial charge in [0.15, 0.2) is 5.82 Å². The summed E-state index contributed by atoms with van der Waals surface area (Å²) in [7, 11) is 1.59. The second-order valence-electron chi connectivity index (χ2n) is 7.95. The summed E-state index contributed by atoms with van der Waals surface area (Å²) in [5.41, 5.74) is 2.76. The van der Waals surface area contributed by atoms with Gasteiger partial charge in [-0.2, -0.15) is 0 Å². The van der Waals surface area contributed by atoms with E-state index in [1.807, 2.05) is 48.5 Å². The van der Waals surface area contributed by atoms with Crippen LogP contribution in [0.25, 0.3) is 11.4 Å². The number of anilines is 1. The largest absolute Gasteiger partial charge is 0.496 e. The van der Waals surface area contributed by atoms with Crippen LogP contribution in [0.3, 0.4) is 0 Å². The number of rotatable bonds is 6. The average Bonchev–Trinajstić information content (AvgIpc) is 3.07. The first-order chi connectivity index (χ1) is 14.2. The van der Waals surface area contributed by atoms with Crippen molar-refractivity contribution >= 4 is 23.4 Å². The molecule has 7 nitrogen and oxygen atoms in total. The lowest BCUT2D eigenvalue weighted by Crippen LogP contribution is -2.23. The Kier molecular flexibility index (Phi) is 6.36. The van der Waals surface area contributed by atoms with Crippen LogP contribution >= 0.6 is 11.8 Å². The third-order valence-corrected chi connectivity index (χ3v) is 5.74. The van der Waals surface area contributed by atoms with E-state index in [1.54, 1.807) is 14.0 Å². The second-order valence-corrected chi connectivity index (χ2v) is 9.26. The summed E-state index contributed by atoms with van der Waals surface area (Å²) < 4.78 is 6.75. The van der Waals surface area contributed by atoms with Crippen molar-refractivity contribution in [1.29, 1.82) is 0 Å². The fourth-order valence-electron chi connectivity index (χ4n) is 2.88. The van der Waals surface area contributed by atoms with Gasteiger partial charge >= 0.3 is 0 Å². The van der Waals surface area contributed by atoms with Crippen molar-refractivity contribution in [2.45, 2.75) is 43.5 Å². The van der Waals surface area contributed by atoms with E-state index in [1.165, 1.54) is 22.0 Å². The minimum Gasteiger partial charge on any atom is -0.496 e. The molecule has 0 radical (unpaired) electrons. The molecule has 0 aliphatic heterocycles. The predicted molar refractivity (Wildman–Crippen MR) is 121 cm³/mol. The Balaban J connectivity index is 1.69. The summed E-state index contributed by atoms with van der Waals surface area (Å²) >= 11 is 1.25. The number of nitrogens with one attached hydrogen (secondary N) is 1. The Morgan fingerprint density at radius 3 is 2.43 bits per heavy atom. The lowest BCUT2D eigenvalue weighted by molar-refractivity contribution is -0.115. The third kappa shape index (κ3) is 4.76. The molecule has 0 saturated carbocycles. The third-order valence-electron chi connectivity index (χ3n) is 4.68. The zero-order valence-electron chi connectivity index (χ0n) is 17.8. The number of carbonyl (C=O) groups excluding carboxylic acids is 1. The van der Waals surface area contributed by atoms with Crippen LogP contribution in [-0.4, -0.2) is 33.1 Å². The van der Waals surface area contributed by atoms with Crippen LogP contribution in [0.2, 0.25) is 0 Å². The SMILES string of the molecule is COc1ccccc1-c1nnc(SC(C)C(=O)Nc2ccc(C(C)(C)C)cc2)n1N. The maximum atomic E-state index is 12.6. The standard InChI is InChI=1S/C22H27N5O2S/c1-14(20(28)24-16-12-10-15(11-13-16)22(2,3)4)30-21-26-25-19(27(21)23)17-8-6-7-9-18(17)29-5/h6-14H,23H2,1-5H3,(H,24,28). The first-order valence-electron chi connectivity index (χ1n) is 9.62. The number of nitrogens with zero attached hydrogens (tertiary/aromatic N) is 3. The quantitative estimate of drug-likeness (QED) is 0.456. The lowest BCUT2D eigenvalue weighted by Gasteiger charge is -2.19. The normalized spacial score (nSPS) is 12.4. The molecular formula is C22H27N5O2S. The Hall–Kier alpha value is -3.00. The van der Waals surface area contributed by atoms with Gasteiger partial charge in [-0.05, 0) is 42.2 Å². The topological polar surface area (TPSA) is 95.1 Å². The molecular weight excluding hydrogens is 398 g/mol. The van der Waals surface area contributed by atoms with Gasteiger partial charge < -0.3 is 15.9 Å². The highest BCUT2D eigenvalue weighted by molar-refractivity contribution is 8.00. The van der Waals surface area contributed by atoms with Crippen molar-refractivity contribution in [3.8, 4) is 17.1 Å². The number of amides is 1. The number of carbonyl (C=O) groups is 1. The molecule has 8 heteroatoms. The number of methoxy groups -OCH3 is 1. The van der Waals surface area contributed by atoms with E-state index in [-0.39, 0.29) is 11.3 Å². The monoisotopic (exact) mass is 425 g/mol. The van der Waals surface area contributed by atoms with Crippen molar-refractivity contribution in [1.82, 2.24) is 14.9 Å². The highest BCUT2D eigenvalue weighted by atomic mass is 32.2. The Morgan fingerprint density at radius 1 is 1.13 bits per heavy atom. The van der Waals surface area contributed by atoms with Crippen LogP contribution in [0.15, 0.2) is 53.7 Å². The number of nitrogens with two attached hydrogens (primary N) is 1. The van der Waals surface area contributed by atoms with Gasteiger partial charge in [0.25, 0.3) is 0 Å². The molecule has 0 bridgehead atoms. The van der Waals surface area contributed by atoms with Crippen LogP contribution < -0.4 is 15.9 Å². The molecule has 3 N–H and O–H groups in total.